The minimum absolute atomic E-state index is 0.151. The van der Waals surface area contributed by atoms with E-state index in [0.717, 1.165) is 36.8 Å². The van der Waals surface area contributed by atoms with Crippen LogP contribution >= 0.6 is 0 Å². The molecule has 3 fully saturated rings. The second-order valence-corrected chi connectivity index (χ2v) is 8.33. The maximum absolute atomic E-state index is 12.9. The lowest BCUT2D eigenvalue weighted by Crippen LogP contribution is -2.46. The Hall–Kier alpha value is -2.70. The number of imide groups is 1. The number of aromatic nitrogens is 2. The zero-order valence-corrected chi connectivity index (χ0v) is 16.1. The largest absolute Gasteiger partial charge is 0.331 e. The molecular formula is C21H24N4O3. The first-order valence-electron chi connectivity index (χ1n) is 10.1. The van der Waals surface area contributed by atoms with Gasteiger partial charge in [0.25, 0.3) is 0 Å². The van der Waals surface area contributed by atoms with Gasteiger partial charge in [-0.1, -0.05) is 0 Å². The van der Waals surface area contributed by atoms with Crippen molar-refractivity contribution in [1.82, 2.24) is 14.5 Å². The molecule has 5 atom stereocenters. The number of hydrogen-bond acceptors (Lipinski definition) is 4. The molecule has 0 unspecified atom stereocenters. The van der Waals surface area contributed by atoms with Crippen molar-refractivity contribution < 1.29 is 14.4 Å². The average Bonchev–Trinajstić information content (AvgIpc) is 3.44. The minimum atomic E-state index is -0.811. The van der Waals surface area contributed by atoms with Crippen molar-refractivity contribution in [3.8, 4) is 0 Å². The summed E-state index contributed by atoms with van der Waals surface area (Å²) < 4.78 is 2.03. The molecule has 0 radical (unpaired) electrons. The van der Waals surface area contributed by atoms with Crippen molar-refractivity contribution in [2.45, 2.75) is 45.7 Å². The second-order valence-electron chi connectivity index (χ2n) is 8.33. The predicted molar refractivity (Wildman–Crippen MR) is 103 cm³/mol. The molecule has 3 aliphatic rings. The molecule has 5 rings (SSSR count). The van der Waals surface area contributed by atoms with E-state index >= 15 is 0 Å². The summed E-state index contributed by atoms with van der Waals surface area (Å²) in [6, 6.07) is 4.74. The monoisotopic (exact) mass is 380 g/mol. The third-order valence-corrected chi connectivity index (χ3v) is 6.96. The van der Waals surface area contributed by atoms with Crippen molar-refractivity contribution in [2.75, 3.05) is 5.32 Å². The maximum atomic E-state index is 12.9. The molecule has 146 valence electrons. The van der Waals surface area contributed by atoms with Gasteiger partial charge >= 0.3 is 0 Å². The Morgan fingerprint density at radius 1 is 1.21 bits per heavy atom. The van der Waals surface area contributed by atoms with Gasteiger partial charge in [-0.2, -0.15) is 0 Å². The van der Waals surface area contributed by atoms with Crippen LogP contribution in [0.1, 0.15) is 33.1 Å². The summed E-state index contributed by atoms with van der Waals surface area (Å²) >= 11 is 0. The average molecular weight is 380 g/mol. The van der Waals surface area contributed by atoms with Crippen molar-refractivity contribution in [3.63, 3.8) is 0 Å². The van der Waals surface area contributed by atoms with Gasteiger partial charge in [0.1, 0.15) is 6.04 Å². The summed E-state index contributed by atoms with van der Waals surface area (Å²) in [7, 11) is 0. The molecule has 2 aliphatic carbocycles. The van der Waals surface area contributed by atoms with Gasteiger partial charge in [0.2, 0.25) is 17.7 Å². The van der Waals surface area contributed by atoms with Crippen LogP contribution in [0.25, 0.3) is 11.0 Å². The van der Waals surface area contributed by atoms with Gasteiger partial charge in [0.15, 0.2) is 0 Å². The van der Waals surface area contributed by atoms with Crippen LogP contribution in [0, 0.1) is 23.7 Å². The molecule has 2 aromatic rings. The number of likely N-dealkylation sites (tertiary alicyclic amines) is 1. The normalized spacial score (nSPS) is 29.6. The highest BCUT2D eigenvalue weighted by Gasteiger charge is 2.62. The molecule has 1 aromatic heterocycles. The molecule has 1 N–H and O–H groups in total. The van der Waals surface area contributed by atoms with Crippen molar-refractivity contribution in [2.24, 2.45) is 23.7 Å². The Labute approximate surface area is 163 Å². The molecule has 2 bridgehead atoms. The Bertz CT molecular complexity index is 969. The minimum Gasteiger partial charge on any atom is -0.331 e. The second kappa shape index (κ2) is 6.15. The van der Waals surface area contributed by atoms with Crippen LogP contribution in [-0.4, -0.2) is 38.2 Å². The van der Waals surface area contributed by atoms with E-state index < -0.39 is 6.04 Å². The maximum Gasteiger partial charge on any atom is 0.247 e. The molecule has 1 aromatic carbocycles. The molecule has 7 heteroatoms. The van der Waals surface area contributed by atoms with E-state index in [1.54, 1.807) is 13.3 Å². The Morgan fingerprint density at radius 3 is 2.54 bits per heavy atom. The Kier molecular flexibility index (Phi) is 3.82. The number of aryl methyl sites for hydroxylation is 1. The number of nitrogens with zero attached hydrogens (tertiary/aromatic N) is 3. The van der Waals surface area contributed by atoms with Crippen molar-refractivity contribution in [1.29, 1.82) is 0 Å². The molecular weight excluding hydrogens is 356 g/mol. The van der Waals surface area contributed by atoms with Crippen LogP contribution in [0.15, 0.2) is 24.5 Å². The molecule has 2 saturated carbocycles. The van der Waals surface area contributed by atoms with Crippen LogP contribution in [0.3, 0.4) is 0 Å². The SMILES string of the molecule is CCn1cnc2cc(NC(=O)[C@H](C)N3C(=O)[C@@H]4[C@H]5CC[C@@H](C5)[C@H]4C3=O)ccc21. The summed E-state index contributed by atoms with van der Waals surface area (Å²) in [5.41, 5.74) is 2.42. The number of amides is 3. The third-order valence-electron chi connectivity index (χ3n) is 6.96. The number of carbonyl (C=O) groups excluding carboxylic acids is 3. The number of hydrogen-bond donors (Lipinski definition) is 1. The fourth-order valence-corrected chi connectivity index (χ4v) is 5.57. The van der Waals surface area contributed by atoms with Crippen LogP contribution < -0.4 is 5.32 Å². The summed E-state index contributed by atoms with van der Waals surface area (Å²) in [6.07, 6.45) is 4.83. The van der Waals surface area contributed by atoms with Gasteiger partial charge in [0.05, 0.1) is 29.2 Å². The molecule has 28 heavy (non-hydrogen) atoms. The number of imidazole rings is 1. The zero-order chi connectivity index (χ0) is 19.6. The van der Waals surface area contributed by atoms with Gasteiger partial charge in [0, 0.05) is 12.2 Å². The van der Waals surface area contributed by atoms with E-state index in [9.17, 15) is 14.4 Å². The highest BCUT2D eigenvalue weighted by atomic mass is 16.2. The smallest absolute Gasteiger partial charge is 0.247 e. The number of nitrogens with one attached hydrogen (secondary N) is 1. The van der Waals surface area contributed by atoms with Crippen molar-refractivity contribution in [3.05, 3.63) is 24.5 Å². The van der Waals surface area contributed by atoms with E-state index in [2.05, 4.69) is 10.3 Å². The summed E-state index contributed by atoms with van der Waals surface area (Å²) in [4.78, 5) is 44.2. The topological polar surface area (TPSA) is 84.3 Å². The third kappa shape index (κ3) is 2.34. The molecule has 1 aliphatic heterocycles. The lowest BCUT2D eigenvalue weighted by molar-refractivity contribution is -0.146. The van der Waals surface area contributed by atoms with Gasteiger partial charge in [-0.25, -0.2) is 4.98 Å². The van der Waals surface area contributed by atoms with Gasteiger partial charge in [-0.05, 0) is 63.1 Å². The van der Waals surface area contributed by atoms with Crippen molar-refractivity contribution >= 4 is 34.4 Å². The predicted octanol–water partition coefficient (Wildman–Crippen LogP) is 2.41. The standard InChI is InChI=1S/C21H24N4O3/c1-3-24-10-22-15-9-14(6-7-16(15)24)23-19(26)11(2)25-20(27)17-12-4-5-13(8-12)18(17)21(25)28/h6-7,9-13,17-18H,3-5,8H2,1-2H3,(H,23,26)/t11-,12-,13-,17+,18+/m0/s1. The molecule has 7 nitrogen and oxygen atoms in total. The number of carbonyl (C=O) groups is 3. The van der Waals surface area contributed by atoms with E-state index in [1.165, 1.54) is 4.90 Å². The van der Waals surface area contributed by atoms with E-state index in [4.69, 9.17) is 0 Å². The van der Waals surface area contributed by atoms with E-state index in [1.807, 2.05) is 29.7 Å². The highest BCUT2D eigenvalue weighted by Crippen LogP contribution is 2.56. The van der Waals surface area contributed by atoms with Gasteiger partial charge in [-0.3, -0.25) is 19.3 Å². The molecule has 1 saturated heterocycles. The first-order valence-corrected chi connectivity index (χ1v) is 10.1. The van der Waals surface area contributed by atoms with Crippen LogP contribution in [-0.2, 0) is 20.9 Å². The fraction of sp³-hybridized carbons (Fsp3) is 0.524. The summed E-state index contributed by atoms with van der Waals surface area (Å²) in [5.74, 6) is -0.399. The molecule has 3 amide bonds. The van der Waals surface area contributed by atoms with E-state index in [-0.39, 0.29) is 29.6 Å². The van der Waals surface area contributed by atoms with E-state index in [0.29, 0.717) is 17.5 Å². The first kappa shape index (κ1) is 17.4. The highest BCUT2D eigenvalue weighted by molar-refractivity contribution is 6.10. The molecule has 2 heterocycles. The quantitative estimate of drug-likeness (QED) is 0.826. The van der Waals surface area contributed by atoms with Gasteiger partial charge < -0.3 is 9.88 Å². The number of benzene rings is 1. The first-order chi connectivity index (χ1) is 13.5. The Morgan fingerprint density at radius 2 is 1.89 bits per heavy atom. The zero-order valence-electron chi connectivity index (χ0n) is 16.1. The fourth-order valence-electron chi connectivity index (χ4n) is 5.57. The lowest BCUT2D eigenvalue weighted by atomic mass is 9.81. The summed E-state index contributed by atoms with van der Waals surface area (Å²) in [6.45, 7) is 4.51. The number of fused-ring (bicyclic) bond motifs is 6. The van der Waals surface area contributed by atoms with Gasteiger partial charge in [-0.15, -0.1) is 0 Å². The molecule has 0 spiro atoms. The Balaban J connectivity index is 1.34. The van der Waals surface area contributed by atoms with Crippen LogP contribution in [0.4, 0.5) is 5.69 Å². The summed E-state index contributed by atoms with van der Waals surface area (Å²) in [5, 5.41) is 2.85. The lowest BCUT2D eigenvalue weighted by Gasteiger charge is -2.23. The number of anilines is 1. The number of rotatable bonds is 4. The van der Waals surface area contributed by atoms with Crippen LogP contribution in [0.2, 0.25) is 0 Å². The van der Waals surface area contributed by atoms with Crippen LogP contribution in [0.5, 0.6) is 0 Å².